The first-order chi connectivity index (χ1) is 31.6. The Morgan fingerprint density at radius 2 is 1.29 bits per heavy atom. The maximum atomic E-state index is 14.3. The van der Waals surface area contributed by atoms with E-state index in [0.29, 0.717) is 31.2 Å². The van der Waals surface area contributed by atoms with E-state index in [0.717, 1.165) is 82.8 Å². The number of hydrogen-bond acceptors (Lipinski definition) is 13. The summed E-state index contributed by atoms with van der Waals surface area (Å²) in [4.78, 5) is 81.3. The fraction of sp³-hybridized carbons (Fsp3) is 0.882. The molecule has 0 bridgehead atoms. The molecule has 0 aromatic carbocycles. The number of carboxylic acids is 1. The Labute approximate surface area is 407 Å². The molecule has 0 radical (unpaired) electrons. The minimum atomic E-state index is -1.26. The molecule has 0 spiro atoms. The number of hydrogen-bond donors (Lipinski definition) is 2. The molecule has 1 saturated heterocycles. The lowest BCUT2D eigenvalue weighted by molar-refractivity contribution is -0.167. The van der Waals surface area contributed by atoms with Crippen molar-refractivity contribution in [2.45, 2.75) is 213 Å². The van der Waals surface area contributed by atoms with E-state index < -0.39 is 59.6 Å². The third-order valence-corrected chi connectivity index (χ3v) is 15.4. The van der Waals surface area contributed by atoms with Gasteiger partial charge in [0.1, 0.15) is 12.7 Å². The summed E-state index contributed by atoms with van der Waals surface area (Å²) in [6, 6.07) is 0. The summed E-state index contributed by atoms with van der Waals surface area (Å²) in [5.41, 5.74) is -1.18. The maximum absolute atomic E-state index is 14.3. The van der Waals surface area contributed by atoms with Gasteiger partial charge in [-0.15, -0.1) is 0 Å². The van der Waals surface area contributed by atoms with E-state index in [1.807, 2.05) is 40.6 Å². The van der Waals surface area contributed by atoms with E-state index >= 15 is 0 Å². The second kappa shape index (κ2) is 38.3. The summed E-state index contributed by atoms with van der Waals surface area (Å²) in [5, 5.41) is 13.2. The summed E-state index contributed by atoms with van der Waals surface area (Å²) < 4.78 is 23.2. The highest BCUT2D eigenvalue weighted by molar-refractivity contribution is 8.77. The molecule has 1 amide bonds. The van der Waals surface area contributed by atoms with Gasteiger partial charge < -0.3 is 34.3 Å². The largest absolute Gasteiger partial charge is 0.481 e. The molecule has 1 aliphatic rings. The van der Waals surface area contributed by atoms with Gasteiger partial charge in [-0.2, -0.15) is 0 Å². The molecule has 0 saturated carbocycles. The van der Waals surface area contributed by atoms with Gasteiger partial charge in [-0.25, -0.2) is 0 Å². The lowest BCUT2D eigenvalue weighted by Crippen LogP contribution is -2.49. The summed E-state index contributed by atoms with van der Waals surface area (Å²) in [5.74, 6) is -4.86. The summed E-state index contributed by atoms with van der Waals surface area (Å²) in [6.07, 6.45) is 20.8. The summed E-state index contributed by atoms with van der Waals surface area (Å²) in [6.45, 7) is 10.1. The number of carboxylic acid groups (broad SMARTS) is 1. The van der Waals surface area contributed by atoms with Gasteiger partial charge in [-0.1, -0.05) is 146 Å². The van der Waals surface area contributed by atoms with Gasteiger partial charge in [0.15, 0.2) is 0 Å². The first-order valence-electron chi connectivity index (χ1n) is 25.7. The van der Waals surface area contributed by atoms with Crippen LogP contribution in [-0.4, -0.2) is 110 Å². The van der Waals surface area contributed by atoms with Crippen LogP contribution in [0.5, 0.6) is 0 Å². The molecule has 13 nitrogen and oxygen atoms in total. The number of nitrogens with zero attached hydrogens (tertiary/aromatic N) is 1. The lowest BCUT2D eigenvalue weighted by atomic mass is 9.70. The van der Waals surface area contributed by atoms with Crippen molar-refractivity contribution in [3.8, 4) is 0 Å². The minimum Gasteiger partial charge on any atom is -0.481 e. The lowest BCUT2D eigenvalue weighted by Gasteiger charge is -2.37. The number of aliphatic carboxylic acids is 1. The monoisotopic (exact) mass is 973 g/mol. The van der Waals surface area contributed by atoms with Crippen molar-refractivity contribution in [1.29, 1.82) is 0 Å². The fourth-order valence-corrected chi connectivity index (χ4v) is 11.3. The molecule has 5 unspecified atom stereocenters. The van der Waals surface area contributed by atoms with Gasteiger partial charge in [0, 0.05) is 42.3 Å². The Balaban J connectivity index is 3.17. The molecule has 384 valence electrons. The Morgan fingerprint density at radius 3 is 1.89 bits per heavy atom. The number of ether oxygens (including phenoxy) is 4. The van der Waals surface area contributed by atoms with Crippen molar-refractivity contribution < 1.29 is 52.8 Å². The number of nitrogens with one attached hydrogen (secondary N) is 1. The predicted octanol–water partition coefficient (Wildman–Crippen LogP) is 11.1. The highest BCUT2D eigenvalue weighted by Gasteiger charge is 2.46. The third-order valence-electron chi connectivity index (χ3n) is 12.4. The van der Waals surface area contributed by atoms with Crippen LogP contribution in [0.3, 0.4) is 0 Å². The number of unbranched alkanes of at least 4 members (excludes halogenated alkanes) is 12. The first kappa shape index (κ1) is 61.5. The van der Waals surface area contributed by atoms with Crippen molar-refractivity contribution >= 4 is 57.3 Å². The van der Waals surface area contributed by atoms with Gasteiger partial charge in [0.2, 0.25) is 5.91 Å². The van der Waals surface area contributed by atoms with Crippen LogP contribution in [0.4, 0.5) is 0 Å². The van der Waals surface area contributed by atoms with Crippen LogP contribution in [0, 0.1) is 23.2 Å². The van der Waals surface area contributed by atoms with Crippen LogP contribution >= 0.6 is 21.6 Å². The van der Waals surface area contributed by atoms with E-state index in [-0.39, 0.29) is 57.3 Å². The van der Waals surface area contributed by atoms with Gasteiger partial charge in [0.25, 0.3) is 0 Å². The Hall–Kier alpha value is -2.52. The fourth-order valence-electron chi connectivity index (χ4n) is 8.30. The summed E-state index contributed by atoms with van der Waals surface area (Å²) in [7, 11) is 7.49. The quantitative estimate of drug-likeness (QED) is 0.0256. The molecule has 1 aliphatic heterocycles. The third kappa shape index (κ3) is 30.8. The van der Waals surface area contributed by atoms with Crippen molar-refractivity contribution in [2.75, 3.05) is 52.8 Å². The predicted molar refractivity (Wildman–Crippen MR) is 267 cm³/mol. The van der Waals surface area contributed by atoms with E-state index in [9.17, 15) is 33.9 Å². The average molecular weight is 973 g/mol. The molecule has 1 fully saturated rings. The first-order valence-corrected chi connectivity index (χ1v) is 28.1. The van der Waals surface area contributed by atoms with Crippen LogP contribution in [0.25, 0.3) is 0 Å². The molecule has 5 atom stereocenters. The zero-order chi connectivity index (χ0) is 49.0. The van der Waals surface area contributed by atoms with E-state index in [2.05, 4.69) is 26.1 Å². The number of rotatable bonds is 42. The Kier molecular flexibility index (Phi) is 35.7. The molecule has 1 heterocycles. The van der Waals surface area contributed by atoms with Crippen LogP contribution < -0.4 is 5.32 Å². The van der Waals surface area contributed by atoms with Crippen LogP contribution in [-0.2, 0) is 47.7 Å². The molecule has 2 N–H and O–H groups in total. The van der Waals surface area contributed by atoms with E-state index in [4.69, 9.17) is 18.9 Å². The molecule has 0 aromatic heterocycles. The second-order valence-electron chi connectivity index (χ2n) is 19.4. The molecule has 1 rings (SSSR count). The van der Waals surface area contributed by atoms with Gasteiger partial charge in [0.05, 0.1) is 37.9 Å². The van der Waals surface area contributed by atoms with Crippen molar-refractivity contribution in [3.63, 3.8) is 0 Å². The van der Waals surface area contributed by atoms with Gasteiger partial charge >= 0.3 is 29.8 Å². The zero-order valence-corrected chi connectivity index (χ0v) is 43.9. The van der Waals surface area contributed by atoms with Crippen molar-refractivity contribution in [3.05, 3.63) is 0 Å². The van der Waals surface area contributed by atoms with Crippen molar-refractivity contribution in [1.82, 2.24) is 10.2 Å². The second-order valence-corrected chi connectivity index (χ2v) is 22.2. The number of carbonyl (C=O) groups is 6. The summed E-state index contributed by atoms with van der Waals surface area (Å²) >= 11 is 0. The van der Waals surface area contributed by atoms with Crippen molar-refractivity contribution in [2.24, 2.45) is 23.2 Å². The van der Waals surface area contributed by atoms with Gasteiger partial charge in [-0.05, 0) is 71.4 Å². The van der Waals surface area contributed by atoms with Crippen LogP contribution in [0.15, 0.2) is 0 Å². The maximum Gasteiger partial charge on any atom is 0.309 e. The Bertz CT molecular complexity index is 1340. The molecular formula is C51H92N2O11S2. The number of amides is 1. The number of carbonyl (C=O) groups excluding carboxylic acids is 5. The smallest absolute Gasteiger partial charge is 0.309 e. The normalized spacial score (nSPS) is 15.7. The average Bonchev–Trinajstić information content (AvgIpc) is 3.80. The van der Waals surface area contributed by atoms with Crippen LogP contribution in [0.1, 0.15) is 202 Å². The highest BCUT2D eigenvalue weighted by Crippen LogP contribution is 2.40. The molecule has 0 aliphatic carbocycles. The Morgan fingerprint density at radius 1 is 0.682 bits per heavy atom. The molecular weight excluding hydrogens is 881 g/mol. The zero-order valence-electron chi connectivity index (χ0n) is 42.3. The highest BCUT2D eigenvalue weighted by atomic mass is 33.1. The van der Waals surface area contributed by atoms with E-state index in [1.165, 1.54) is 44.9 Å². The SMILES string of the molecule is CCCCCCCCC(CCCCCC)COC(=O)CCNC(=O)C(C(CCC(=O)O)C(=O)OCC(CCCCCC)OC(=O)CCCCC1CCSS1)C(C)(C)COC(=O)CCN(C)C. The standard InChI is InChI=1S/C51H92N2O11S2/c1-8-11-14-17-18-20-25-40(24-19-15-12-9-2)37-61-45(56)31-34-52-49(59)48(51(4,5)39-63-46(57)32-35-53(6)7)43(29-30-44(54)55)50(60)62-38-41(26-21-16-13-10-3)64-47(58)28-23-22-27-42-33-36-65-66-42/h40-43,48H,8-39H2,1-7H3,(H,52,59)(H,54,55). The molecule has 15 heteroatoms. The van der Waals surface area contributed by atoms with E-state index in [1.54, 1.807) is 13.8 Å². The topological polar surface area (TPSA) is 175 Å². The van der Waals surface area contributed by atoms with Crippen LogP contribution in [0.2, 0.25) is 0 Å². The van der Waals surface area contributed by atoms with Gasteiger partial charge in [-0.3, -0.25) is 28.8 Å². The number of esters is 4. The molecule has 66 heavy (non-hydrogen) atoms. The minimum absolute atomic E-state index is 0.0690. The molecule has 0 aromatic rings.